The Bertz CT molecular complexity index is 640. The highest BCUT2D eigenvalue weighted by Gasteiger charge is 2.34. The molecule has 0 spiro atoms. The minimum Gasteiger partial charge on any atom is -0.383 e. The largest absolute Gasteiger partial charge is 0.419 e. The van der Waals surface area contributed by atoms with Crippen LogP contribution in [0.4, 0.5) is 19.0 Å². The van der Waals surface area contributed by atoms with Crippen molar-refractivity contribution in [3.8, 4) is 17.2 Å². The van der Waals surface area contributed by atoms with Gasteiger partial charge in [-0.3, -0.25) is 0 Å². The van der Waals surface area contributed by atoms with Crippen LogP contribution in [0, 0.1) is 11.3 Å². The Kier molecular flexibility index (Phi) is 3.13. The maximum atomic E-state index is 12.7. The number of rotatable bonds is 1. The summed E-state index contributed by atoms with van der Waals surface area (Å²) in [5.74, 6) is -0.551. The molecular weight excluding hydrogens is 255 g/mol. The third-order valence-corrected chi connectivity index (χ3v) is 2.57. The number of nitrogens with two attached hydrogens (primary N) is 1. The summed E-state index contributed by atoms with van der Waals surface area (Å²) in [4.78, 5) is 3.56. The van der Waals surface area contributed by atoms with Gasteiger partial charge in [-0.15, -0.1) is 0 Å². The summed E-state index contributed by atoms with van der Waals surface area (Å²) in [6.45, 7) is 0. The van der Waals surface area contributed by atoms with E-state index in [1.807, 2.05) is 6.07 Å². The van der Waals surface area contributed by atoms with E-state index in [1.54, 1.807) is 12.1 Å². The van der Waals surface area contributed by atoms with Crippen molar-refractivity contribution in [3.05, 3.63) is 47.7 Å². The number of benzene rings is 1. The Labute approximate surface area is 107 Å². The van der Waals surface area contributed by atoms with Crippen LogP contribution in [0.25, 0.3) is 11.1 Å². The van der Waals surface area contributed by atoms with Crippen molar-refractivity contribution < 1.29 is 13.2 Å². The number of nitriles is 1. The van der Waals surface area contributed by atoms with E-state index in [1.165, 1.54) is 18.3 Å². The van der Waals surface area contributed by atoms with Gasteiger partial charge in [0.15, 0.2) is 0 Å². The molecule has 2 N–H and O–H groups in total. The van der Waals surface area contributed by atoms with Gasteiger partial charge in [-0.1, -0.05) is 12.1 Å². The molecule has 0 amide bonds. The highest BCUT2D eigenvalue weighted by Crippen LogP contribution is 2.34. The van der Waals surface area contributed by atoms with Gasteiger partial charge >= 0.3 is 6.18 Å². The molecule has 1 aromatic carbocycles. The Balaban J connectivity index is 2.49. The van der Waals surface area contributed by atoms with E-state index in [4.69, 9.17) is 11.0 Å². The molecule has 0 atom stereocenters. The molecule has 3 nitrogen and oxygen atoms in total. The van der Waals surface area contributed by atoms with Crippen LogP contribution < -0.4 is 5.73 Å². The van der Waals surface area contributed by atoms with Crippen LogP contribution in [0.2, 0.25) is 0 Å². The number of hydrogen-bond acceptors (Lipinski definition) is 3. The molecule has 0 saturated heterocycles. The minimum absolute atomic E-state index is 0.297. The molecule has 0 saturated carbocycles. The molecule has 2 aromatic rings. The number of alkyl halides is 3. The Hall–Kier alpha value is -2.55. The van der Waals surface area contributed by atoms with Gasteiger partial charge < -0.3 is 5.73 Å². The van der Waals surface area contributed by atoms with Crippen LogP contribution in [0.1, 0.15) is 11.1 Å². The standard InChI is InChI=1S/C13H8F3N3/c14-13(15,16)11-5-10(7-19-12(11)18)9-3-1-8(6-17)2-4-9/h1-5,7H,(H2,18,19). The fraction of sp³-hybridized carbons (Fsp3) is 0.0769. The van der Waals surface area contributed by atoms with Crippen LogP contribution in [0.5, 0.6) is 0 Å². The average Bonchev–Trinajstić information content (AvgIpc) is 2.38. The van der Waals surface area contributed by atoms with Crippen molar-refractivity contribution in [1.82, 2.24) is 4.98 Å². The quantitative estimate of drug-likeness (QED) is 0.859. The fourth-order valence-corrected chi connectivity index (χ4v) is 1.60. The molecule has 0 aliphatic carbocycles. The molecule has 0 radical (unpaired) electrons. The van der Waals surface area contributed by atoms with Gasteiger partial charge in [0.25, 0.3) is 0 Å². The molecule has 0 aliphatic heterocycles. The first kappa shape index (κ1) is 12.9. The van der Waals surface area contributed by atoms with Crippen molar-refractivity contribution in [3.63, 3.8) is 0 Å². The monoisotopic (exact) mass is 263 g/mol. The zero-order chi connectivity index (χ0) is 14.0. The molecule has 0 bridgehead atoms. The Morgan fingerprint density at radius 1 is 1.11 bits per heavy atom. The Morgan fingerprint density at radius 3 is 2.26 bits per heavy atom. The van der Waals surface area contributed by atoms with Gasteiger partial charge in [-0.2, -0.15) is 18.4 Å². The molecular formula is C13H8F3N3. The maximum absolute atomic E-state index is 12.7. The lowest BCUT2D eigenvalue weighted by Gasteiger charge is -2.11. The summed E-state index contributed by atoms with van der Waals surface area (Å²) in [6, 6.07) is 9.06. The van der Waals surface area contributed by atoms with Crippen LogP contribution in [0.15, 0.2) is 36.5 Å². The number of pyridine rings is 1. The topological polar surface area (TPSA) is 62.7 Å². The van der Waals surface area contributed by atoms with Gasteiger partial charge in [0.2, 0.25) is 0 Å². The van der Waals surface area contributed by atoms with E-state index >= 15 is 0 Å². The summed E-state index contributed by atoms with van der Waals surface area (Å²) in [7, 11) is 0. The summed E-state index contributed by atoms with van der Waals surface area (Å²) in [5, 5.41) is 8.66. The predicted molar refractivity (Wildman–Crippen MR) is 63.8 cm³/mol. The molecule has 96 valence electrons. The van der Waals surface area contributed by atoms with E-state index in [0.717, 1.165) is 6.07 Å². The predicted octanol–water partition coefficient (Wildman–Crippen LogP) is 3.22. The highest BCUT2D eigenvalue weighted by atomic mass is 19.4. The lowest BCUT2D eigenvalue weighted by atomic mass is 10.0. The molecule has 2 rings (SSSR count). The van der Waals surface area contributed by atoms with E-state index in [-0.39, 0.29) is 0 Å². The number of nitrogens with zero attached hydrogens (tertiary/aromatic N) is 2. The highest BCUT2D eigenvalue weighted by molar-refractivity contribution is 5.66. The van der Waals surface area contributed by atoms with Gasteiger partial charge in [0.1, 0.15) is 5.82 Å². The normalized spacial score (nSPS) is 11.1. The number of nitrogen functional groups attached to an aromatic ring is 1. The summed E-state index contributed by atoms with van der Waals surface area (Å²) in [5.41, 5.74) is 5.53. The van der Waals surface area contributed by atoms with Crippen LogP contribution >= 0.6 is 0 Å². The third kappa shape index (κ3) is 2.65. The second-order valence-electron chi connectivity index (χ2n) is 3.84. The van der Waals surface area contributed by atoms with Gasteiger partial charge in [-0.25, -0.2) is 4.98 Å². The fourth-order valence-electron chi connectivity index (χ4n) is 1.60. The number of hydrogen-bond donors (Lipinski definition) is 1. The summed E-state index contributed by atoms with van der Waals surface area (Å²) < 4.78 is 38.1. The molecule has 0 unspecified atom stereocenters. The van der Waals surface area contributed by atoms with Gasteiger partial charge in [0, 0.05) is 11.8 Å². The average molecular weight is 263 g/mol. The lowest BCUT2D eigenvalue weighted by molar-refractivity contribution is -0.137. The Morgan fingerprint density at radius 2 is 1.74 bits per heavy atom. The lowest BCUT2D eigenvalue weighted by Crippen LogP contribution is -2.10. The molecule has 6 heteroatoms. The van der Waals surface area contributed by atoms with Crippen LogP contribution in [-0.4, -0.2) is 4.98 Å². The molecule has 1 heterocycles. The number of aromatic nitrogens is 1. The molecule has 0 aliphatic rings. The summed E-state index contributed by atoms with van der Waals surface area (Å²) >= 11 is 0. The summed E-state index contributed by atoms with van der Waals surface area (Å²) in [6.07, 6.45) is -3.27. The third-order valence-electron chi connectivity index (χ3n) is 2.57. The first-order valence-electron chi connectivity index (χ1n) is 5.25. The van der Waals surface area contributed by atoms with E-state index in [9.17, 15) is 13.2 Å². The molecule has 19 heavy (non-hydrogen) atoms. The maximum Gasteiger partial charge on any atom is 0.419 e. The molecule has 0 fully saturated rings. The number of anilines is 1. The zero-order valence-electron chi connectivity index (χ0n) is 9.57. The van der Waals surface area contributed by atoms with E-state index in [2.05, 4.69) is 4.98 Å². The first-order valence-corrected chi connectivity index (χ1v) is 5.25. The smallest absolute Gasteiger partial charge is 0.383 e. The SMILES string of the molecule is N#Cc1ccc(-c2cnc(N)c(C(F)(F)F)c2)cc1. The van der Waals surface area contributed by atoms with Crippen molar-refractivity contribution in [1.29, 1.82) is 5.26 Å². The van der Waals surface area contributed by atoms with Crippen LogP contribution in [0.3, 0.4) is 0 Å². The van der Waals surface area contributed by atoms with Crippen LogP contribution in [-0.2, 0) is 6.18 Å². The van der Waals surface area contributed by atoms with Crippen molar-refractivity contribution in [2.75, 3.05) is 5.73 Å². The molecule has 1 aromatic heterocycles. The van der Waals surface area contributed by atoms with Gasteiger partial charge in [-0.05, 0) is 23.8 Å². The van der Waals surface area contributed by atoms with Crippen molar-refractivity contribution >= 4 is 5.82 Å². The van der Waals surface area contributed by atoms with E-state index in [0.29, 0.717) is 16.7 Å². The van der Waals surface area contributed by atoms with Gasteiger partial charge in [0.05, 0.1) is 17.2 Å². The first-order chi connectivity index (χ1) is 8.91. The second-order valence-corrected chi connectivity index (χ2v) is 3.84. The minimum atomic E-state index is -4.54. The van der Waals surface area contributed by atoms with Crippen molar-refractivity contribution in [2.24, 2.45) is 0 Å². The van der Waals surface area contributed by atoms with Crippen molar-refractivity contribution in [2.45, 2.75) is 6.18 Å². The van der Waals surface area contributed by atoms with E-state index < -0.39 is 17.6 Å². The zero-order valence-corrected chi connectivity index (χ0v) is 9.57. The second kappa shape index (κ2) is 4.61. The number of halogens is 3.